The Morgan fingerprint density at radius 2 is 1.84 bits per heavy atom. The molecule has 1 heterocycles. The predicted molar refractivity (Wildman–Crippen MR) is 75.5 cm³/mol. The smallest absolute Gasteiger partial charge is 0.169 e. The first kappa shape index (κ1) is 14.0. The molecule has 3 atom stereocenters. The molecule has 1 spiro atoms. The summed E-state index contributed by atoms with van der Waals surface area (Å²) in [5.74, 6) is -0.424. The fourth-order valence-corrected chi connectivity index (χ4v) is 6.12. The number of hydrogen-bond donors (Lipinski definition) is 1. The summed E-state index contributed by atoms with van der Waals surface area (Å²) < 4.78 is 24.5. The third-order valence-corrected chi connectivity index (χ3v) is 7.13. The summed E-state index contributed by atoms with van der Waals surface area (Å²) in [6.07, 6.45) is 7.47. The van der Waals surface area contributed by atoms with Crippen LogP contribution in [0.4, 0.5) is 0 Å². The standard InChI is InChI=1S/C14H25NO3S/c1-15-12-6-7-14(17-8-9-18-14)10-13(12)19(16)11-4-2-3-5-11/h11-13,15H,2-10H2,1H3. The molecule has 1 saturated heterocycles. The van der Waals surface area contributed by atoms with Gasteiger partial charge in [-0.2, -0.15) is 0 Å². The van der Waals surface area contributed by atoms with E-state index in [2.05, 4.69) is 5.32 Å². The van der Waals surface area contributed by atoms with Gasteiger partial charge in [0.25, 0.3) is 0 Å². The van der Waals surface area contributed by atoms with Gasteiger partial charge in [0.05, 0.1) is 18.5 Å². The first-order valence-corrected chi connectivity index (χ1v) is 8.86. The van der Waals surface area contributed by atoms with E-state index in [0.29, 0.717) is 24.5 Å². The van der Waals surface area contributed by atoms with Crippen LogP contribution in [0.2, 0.25) is 0 Å². The van der Waals surface area contributed by atoms with E-state index in [1.165, 1.54) is 12.8 Å². The van der Waals surface area contributed by atoms with Crippen molar-refractivity contribution in [3.05, 3.63) is 0 Å². The fourth-order valence-electron chi connectivity index (χ4n) is 3.81. The molecule has 3 fully saturated rings. The van der Waals surface area contributed by atoms with Crippen molar-refractivity contribution in [2.45, 2.75) is 67.3 Å². The zero-order chi connectivity index (χ0) is 13.3. The van der Waals surface area contributed by atoms with Crippen LogP contribution in [0, 0.1) is 0 Å². The van der Waals surface area contributed by atoms with Gasteiger partial charge in [0, 0.05) is 34.9 Å². The summed E-state index contributed by atoms with van der Waals surface area (Å²) in [4.78, 5) is 0. The average molecular weight is 287 g/mol. The highest BCUT2D eigenvalue weighted by atomic mass is 32.2. The SMILES string of the molecule is CNC1CCC2(CC1S(=O)C1CCCC1)OCCO2. The van der Waals surface area contributed by atoms with E-state index < -0.39 is 16.6 Å². The van der Waals surface area contributed by atoms with Crippen molar-refractivity contribution < 1.29 is 13.7 Å². The molecule has 110 valence electrons. The fraction of sp³-hybridized carbons (Fsp3) is 1.00. The van der Waals surface area contributed by atoms with E-state index in [0.717, 1.165) is 32.1 Å². The molecule has 0 aromatic carbocycles. The molecule has 0 aromatic heterocycles. The third-order valence-electron chi connectivity index (χ3n) is 4.91. The van der Waals surface area contributed by atoms with E-state index in [1.807, 2.05) is 7.05 Å². The van der Waals surface area contributed by atoms with Crippen molar-refractivity contribution in [1.29, 1.82) is 0 Å². The van der Waals surface area contributed by atoms with Gasteiger partial charge in [-0.1, -0.05) is 12.8 Å². The Labute approximate surface area is 118 Å². The van der Waals surface area contributed by atoms with Crippen LogP contribution in [0.5, 0.6) is 0 Å². The Balaban J connectivity index is 1.72. The Kier molecular flexibility index (Phi) is 4.27. The molecular formula is C14H25NO3S. The largest absolute Gasteiger partial charge is 0.347 e. The minimum absolute atomic E-state index is 0.181. The summed E-state index contributed by atoms with van der Waals surface area (Å²) in [5, 5.41) is 3.94. The monoisotopic (exact) mass is 287 g/mol. The molecule has 0 bridgehead atoms. The van der Waals surface area contributed by atoms with Crippen LogP contribution in [0.1, 0.15) is 44.9 Å². The van der Waals surface area contributed by atoms with E-state index in [4.69, 9.17) is 9.47 Å². The lowest BCUT2D eigenvalue weighted by Gasteiger charge is -2.41. The minimum atomic E-state index is -0.756. The molecular weight excluding hydrogens is 262 g/mol. The maximum atomic E-state index is 12.9. The lowest BCUT2D eigenvalue weighted by atomic mass is 9.89. The molecule has 0 radical (unpaired) electrons. The molecule has 3 aliphatic rings. The molecule has 2 aliphatic carbocycles. The van der Waals surface area contributed by atoms with Crippen molar-refractivity contribution in [2.75, 3.05) is 20.3 Å². The topological polar surface area (TPSA) is 47.6 Å². The average Bonchev–Trinajstić information content (AvgIpc) is 3.10. The van der Waals surface area contributed by atoms with Gasteiger partial charge in [0.2, 0.25) is 0 Å². The Bertz CT molecular complexity index is 338. The number of nitrogens with one attached hydrogen (secondary N) is 1. The van der Waals surface area contributed by atoms with Gasteiger partial charge in [-0.25, -0.2) is 0 Å². The van der Waals surface area contributed by atoms with Crippen LogP contribution in [-0.4, -0.2) is 46.8 Å². The van der Waals surface area contributed by atoms with Gasteiger partial charge in [0.15, 0.2) is 5.79 Å². The molecule has 3 unspecified atom stereocenters. The zero-order valence-electron chi connectivity index (χ0n) is 11.7. The highest BCUT2D eigenvalue weighted by Crippen LogP contribution is 2.39. The van der Waals surface area contributed by atoms with E-state index in [-0.39, 0.29) is 5.25 Å². The van der Waals surface area contributed by atoms with Crippen LogP contribution < -0.4 is 5.32 Å². The first-order valence-electron chi connectivity index (χ1n) is 7.59. The van der Waals surface area contributed by atoms with Gasteiger partial charge in [-0.15, -0.1) is 0 Å². The van der Waals surface area contributed by atoms with Crippen LogP contribution in [0.3, 0.4) is 0 Å². The zero-order valence-corrected chi connectivity index (χ0v) is 12.5. The van der Waals surface area contributed by atoms with Crippen molar-refractivity contribution in [1.82, 2.24) is 5.32 Å². The van der Waals surface area contributed by atoms with Crippen LogP contribution in [-0.2, 0) is 20.3 Å². The van der Waals surface area contributed by atoms with Gasteiger partial charge < -0.3 is 14.8 Å². The Morgan fingerprint density at radius 3 is 2.47 bits per heavy atom. The Hall–Kier alpha value is 0.0300. The highest BCUT2D eigenvalue weighted by molar-refractivity contribution is 7.86. The summed E-state index contributed by atoms with van der Waals surface area (Å²) in [7, 11) is 1.23. The molecule has 0 aromatic rings. The molecule has 5 heteroatoms. The molecule has 3 rings (SSSR count). The van der Waals surface area contributed by atoms with Crippen molar-refractivity contribution in [2.24, 2.45) is 0 Å². The lowest BCUT2D eigenvalue weighted by Crippen LogP contribution is -2.52. The second-order valence-corrected chi connectivity index (χ2v) is 7.95. The molecule has 1 aliphatic heterocycles. The summed E-state index contributed by atoms with van der Waals surface area (Å²) in [6, 6.07) is 0.347. The second kappa shape index (κ2) is 5.80. The number of rotatable bonds is 3. The first-order chi connectivity index (χ1) is 9.24. The number of ether oxygens (including phenoxy) is 2. The van der Waals surface area contributed by atoms with E-state index in [1.54, 1.807) is 0 Å². The maximum Gasteiger partial charge on any atom is 0.169 e. The molecule has 19 heavy (non-hydrogen) atoms. The molecule has 4 nitrogen and oxygen atoms in total. The van der Waals surface area contributed by atoms with Crippen molar-refractivity contribution in [3.8, 4) is 0 Å². The van der Waals surface area contributed by atoms with Gasteiger partial charge in [0.1, 0.15) is 0 Å². The molecule has 0 amide bonds. The number of hydrogen-bond acceptors (Lipinski definition) is 4. The summed E-state index contributed by atoms with van der Waals surface area (Å²) in [5.41, 5.74) is 0. The van der Waals surface area contributed by atoms with Crippen LogP contribution in [0.15, 0.2) is 0 Å². The molecule has 2 saturated carbocycles. The van der Waals surface area contributed by atoms with Gasteiger partial charge in [-0.3, -0.25) is 4.21 Å². The normalized spacial score (nSPS) is 36.9. The van der Waals surface area contributed by atoms with E-state index >= 15 is 0 Å². The van der Waals surface area contributed by atoms with E-state index in [9.17, 15) is 4.21 Å². The van der Waals surface area contributed by atoms with Gasteiger partial charge >= 0.3 is 0 Å². The lowest BCUT2D eigenvalue weighted by molar-refractivity contribution is -0.178. The van der Waals surface area contributed by atoms with Crippen LogP contribution in [0.25, 0.3) is 0 Å². The summed E-state index contributed by atoms with van der Waals surface area (Å²) in [6.45, 7) is 1.38. The van der Waals surface area contributed by atoms with Gasteiger partial charge in [-0.05, 0) is 26.3 Å². The quantitative estimate of drug-likeness (QED) is 0.856. The van der Waals surface area contributed by atoms with Crippen LogP contribution >= 0.6 is 0 Å². The van der Waals surface area contributed by atoms with Crippen molar-refractivity contribution in [3.63, 3.8) is 0 Å². The Morgan fingerprint density at radius 1 is 1.16 bits per heavy atom. The molecule has 1 N–H and O–H groups in total. The minimum Gasteiger partial charge on any atom is -0.347 e. The third kappa shape index (κ3) is 2.75. The maximum absolute atomic E-state index is 12.9. The highest BCUT2D eigenvalue weighted by Gasteiger charge is 2.47. The predicted octanol–water partition coefficient (Wildman–Crippen LogP) is 1.56. The van der Waals surface area contributed by atoms with Crippen molar-refractivity contribution >= 4 is 10.8 Å². The second-order valence-electron chi connectivity index (χ2n) is 6.02. The summed E-state index contributed by atoms with van der Waals surface area (Å²) >= 11 is 0.